The number of aromatic nitrogens is 1. The van der Waals surface area contributed by atoms with Crippen LogP contribution in [0.5, 0.6) is 0 Å². The lowest BCUT2D eigenvalue weighted by Gasteiger charge is -2.13. The number of pyridine rings is 1. The summed E-state index contributed by atoms with van der Waals surface area (Å²) in [5.41, 5.74) is 1.89. The van der Waals surface area contributed by atoms with Gasteiger partial charge in [-0.1, -0.05) is 12.1 Å². The van der Waals surface area contributed by atoms with Crippen molar-refractivity contribution in [3.8, 4) is 0 Å². The van der Waals surface area contributed by atoms with Crippen molar-refractivity contribution >= 4 is 21.6 Å². The maximum Gasteiger partial charge on any atom is 0.283 e. The molecule has 0 radical (unpaired) electrons. The van der Waals surface area contributed by atoms with Crippen LogP contribution < -0.4 is 5.32 Å². The van der Waals surface area contributed by atoms with Crippen LogP contribution in [0, 0.1) is 10.1 Å². The summed E-state index contributed by atoms with van der Waals surface area (Å²) in [5, 5.41) is 14.2. The van der Waals surface area contributed by atoms with E-state index >= 15 is 0 Å². The van der Waals surface area contributed by atoms with E-state index in [2.05, 4.69) is 26.2 Å². The number of halogens is 1. The minimum Gasteiger partial charge on any atom is -0.305 e. The van der Waals surface area contributed by atoms with Gasteiger partial charge in [-0.25, -0.2) is 0 Å². The van der Waals surface area contributed by atoms with E-state index in [0.717, 1.165) is 11.3 Å². The minimum absolute atomic E-state index is 0.0785. The second kappa shape index (κ2) is 6.58. The summed E-state index contributed by atoms with van der Waals surface area (Å²) in [4.78, 5) is 14.8. The molecule has 0 saturated heterocycles. The van der Waals surface area contributed by atoms with Crippen molar-refractivity contribution in [3.05, 3.63) is 68.4 Å². The van der Waals surface area contributed by atoms with Gasteiger partial charge in [-0.2, -0.15) is 0 Å². The molecule has 0 unspecified atom stereocenters. The Balaban J connectivity index is 2.04. The quantitative estimate of drug-likeness (QED) is 0.669. The maximum absolute atomic E-state index is 10.9. The summed E-state index contributed by atoms with van der Waals surface area (Å²) < 4.78 is 0.490. The molecule has 0 spiro atoms. The topological polar surface area (TPSA) is 68.1 Å². The van der Waals surface area contributed by atoms with Gasteiger partial charge in [-0.15, -0.1) is 0 Å². The van der Waals surface area contributed by atoms with Crippen molar-refractivity contribution in [1.29, 1.82) is 0 Å². The summed E-state index contributed by atoms with van der Waals surface area (Å²) in [6.45, 7) is 2.56. The van der Waals surface area contributed by atoms with E-state index in [1.807, 2.05) is 31.2 Å². The number of rotatable bonds is 5. The van der Waals surface area contributed by atoms with Gasteiger partial charge in [0.2, 0.25) is 0 Å². The highest BCUT2D eigenvalue weighted by atomic mass is 79.9. The molecule has 1 N–H and O–H groups in total. The lowest BCUT2D eigenvalue weighted by atomic mass is 10.1. The van der Waals surface area contributed by atoms with Crippen LogP contribution in [0.15, 0.2) is 47.1 Å². The van der Waals surface area contributed by atoms with Crippen molar-refractivity contribution in [2.45, 2.75) is 19.5 Å². The van der Waals surface area contributed by atoms with Crippen LogP contribution in [0.25, 0.3) is 0 Å². The highest BCUT2D eigenvalue weighted by Crippen LogP contribution is 2.25. The third kappa shape index (κ3) is 3.61. The largest absolute Gasteiger partial charge is 0.305 e. The molecule has 0 fully saturated rings. The first-order valence-corrected chi connectivity index (χ1v) is 6.94. The molecule has 0 aliphatic rings. The van der Waals surface area contributed by atoms with E-state index in [1.54, 1.807) is 18.3 Å². The molecule has 0 saturated carbocycles. The van der Waals surface area contributed by atoms with Gasteiger partial charge < -0.3 is 5.32 Å². The van der Waals surface area contributed by atoms with Crippen molar-refractivity contribution < 1.29 is 4.92 Å². The Morgan fingerprint density at radius 2 is 2.20 bits per heavy atom. The van der Waals surface area contributed by atoms with E-state index in [4.69, 9.17) is 0 Å². The molecule has 5 nitrogen and oxygen atoms in total. The van der Waals surface area contributed by atoms with Crippen LogP contribution >= 0.6 is 15.9 Å². The highest BCUT2D eigenvalue weighted by Gasteiger charge is 2.13. The predicted molar refractivity (Wildman–Crippen MR) is 80.3 cm³/mol. The fraction of sp³-hybridized carbons (Fsp3) is 0.214. The Hall–Kier alpha value is -1.79. The Labute approximate surface area is 125 Å². The molecule has 104 valence electrons. The third-order valence-corrected chi connectivity index (χ3v) is 3.62. The van der Waals surface area contributed by atoms with Gasteiger partial charge in [-0.3, -0.25) is 15.1 Å². The van der Waals surface area contributed by atoms with Crippen LogP contribution in [-0.2, 0) is 6.54 Å². The van der Waals surface area contributed by atoms with E-state index in [-0.39, 0.29) is 11.7 Å². The molecule has 0 amide bonds. The number of nitro groups is 1. The minimum atomic E-state index is -0.393. The molecular weight excluding hydrogens is 322 g/mol. The molecule has 1 aromatic carbocycles. The predicted octanol–water partition coefficient (Wildman–Crippen LogP) is 3.60. The molecule has 6 heteroatoms. The normalized spacial score (nSPS) is 12.1. The molecule has 1 aromatic heterocycles. The average molecular weight is 336 g/mol. The van der Waals surface area contributed by atoms with Crippen LogP contribution in [0.2, 0.25) is 0 Å². The monoisotopic (exact) mass is 335 g/mol. The SMILES string of the molecule is C[C@H](NCc1ccc(Br)c([N+](=O)[O-])c1)c1ccccn1. The first kappa shape index (κ1) is 14.6. The second-order valence-corrected chi connectivity index (χ2v) is 5.25. The number of hydrogen-bond donors (Lipinski definition) is 1. The summed E-state index contributed by atoms with van der Waals surface area (Å²) in [6, 6.07) is 11.0. The fourth-order valence-electron chi connectivity index (χ4n) is 1.82. The Morgan fingerprint density at radius 1 is 1.40 bits per heavy atom. The maximum atomic E-state index is 10.9. The van der Waals surface area contributed by atoms with Crippen molar-refractivity contribution in [2.24, 2.45) is 0 Å². The van der Waals surface area contributed by atoms with Gasteiger partial charge >= 0.3 is 0 Å². The molecule has 1 heterocycles. The van der Waals surface area contributed by atoms with Gasteiger partial charge in [0.25, 0.3) is 5.69 Å². The van der Waals surface area contributed by atoms with Gasteiger partial charge in [0, 0.05) is 24.8 Å². The summed E-state index contributed by atoms with van der Waals surface area (Å²) >= 11 is 3.18. The number of benzene rings is 1. The second-order valence-electron chi connectivity index (χ2n) is 4.40. The lowest BCUT2D eigenvalue weighted by molar-refractivity contribution is -0.385. The molecule has 0 bridgehead atoms. The first-order chi connectivity index (χ1) is 9.58. The summed E-state index contributed by atoms with van der Waals surface area (Å²) in [6.07, 6.45) is 1.75. The Bertz CT molecular complexity index is 605. The number of nitrogens with one attached hydrogen (secondary N) is 1. The zero-order chi connectivity index (χ0) is 14.5. The van der Waals surface area contributed by atoms with Crippen molar-refractivity contribution in [1.82, 2.24) is 10.3 Å². The van der Waals surface area contributed by atoms with Crippen molar-refractivity contribution in [3.63, 3.8) is 0 Å². The smallest absolute Gasteiger partial charge is 0.283 e. The zero-order valence-electron chi connectivity index (χ0n) is 10.9. The fourth-order valence-corrected chi connectivity index (χ4v) is 2.21. The van der Waals surface area contributed by atoms with E-state index in [9.17, 15) is 10.1 Å². The van der Waals surface area contributed by atoms with Gasteiger partial charge in [0.15, 0.2) is 0 Å². The Morgan fingerprint density at radius 3 is 2.85 bits per heavy atom. The van der Waals surface area contributed by atoms with Crippen LogP contribution in [0.4, 0.5) is 5.69 Å². The van der Waals surface area contributed by atoms with E-state index in [0.29, 0.717) is 11.0 Å². The van der Waals surface area contributed by atoms with Gasteiger partial charge in [-0.05, 0) is 46.6 Å². The molecule has 2 rings (SSSR count). The van der Waals surface area contributed by atoms with Crippen LogP contribution in [-0.4, -0.2) is 9.91 Å². The number of nitrogens with zero attached hydrogens (tertiary/aromatic N) is 2. The van der Waals surface area contributed by atoms with Gasteiger partial charge in [0.1, 0.15) is 0 Å². The average Bonchev–Trinajstić information content (AvgIpc) is 2.46. The molecule has 2 aromatic rings. The van der Waals surface area contributed by atoms with Gasteiger partial charge in [0.05, 0.1) is 15.1 Å². The molecular formula is C14H14BrN3O2. The van der Waals surface area contributed by atoms with Crippen LogP contribution in [0.1, 0.15) is 24.2 Å². The molecule has 1 atom stereocenters. The molecule has 20 heavy (non-hydrogen) atoms. The summed E-state index contributed by atoms with van der Waals surface area (Å²) in [7, 11) is 0. The number of nitro benzene ring substituents is 1. The highest BCUT2D eigenvalue weighted by molar-refractivity contribution is 9.10. The Kier molecular flexibility index (Phi) is 4.81. The summed E-state index contributed by atoms with van der Waals surface area (Å²) in [5.74, 6) is 0. The molecule has 0 aliphatic carbocycles. The van der Waals surface area contributed by atoms with E-state index in [1.165, 1.54) is 0 Å². The van der Waals surface area contributed by atoms with Crippen molar-refractivity contribution in [2.75, 3.05) is 0 Å². The third-order valence-electron chi connectivity index (χ3n) is 2.95. The molecule has 0 aliphatic heterocycles. The van der Waals surface area contributed by atoms with Crippen LogP contribution in [0.3, 0.4) is 0 Å². The van der Waals surface area contributed by atoms with E-state index < -0.39 is 4.92 Å². The first-order valence-electron chi connectivity index (χ1n) is 6.15. The standard InChI is InChI=1S/C14H14BrN3O2/c1-10(13-4-2-3-7-16-13)17-9-11-5-6-12(15)14(8-11)18(19)20/h2-8,10,17H,9H2,1H3/t10-/m0/s1. The lowest BCUT2D eigenvalue weighted by Crippen LogP contribution is -2.19. The zero-order valence-corrected chi connectivity index (χ0v) is 12.5. The number of hydrogen-bond acceptors (Lipinski definition) is 4.